The molecular formula is C81H75IrN6O3. The number of imidazole rings is 3. The number of aromatic nitrogens is 6. The topological polar surface area (TPSA) is 92.9 Å². The van der Waals surface area contributed by atoms with Crippen molar-refractivity contribution in [2.45, 2.75) is 119 Å². The van der Waals surface area contributed by atoms with Crippen molar-refractivity contribution in [2.24, 2.45) is 0 Å². The van der Waals surface area contributed by atoms with Crippen LogP contribution in [0, 0.1) is 18.2 Å². The number of para-hydroxylation sites is 6. The van der Waals surface area contributed by atoms with E-state index in [2.05, 4.69) is 225 Å². The van der Waals surface area contributed by atoms with E-state index < -0.39 is 0 Å². The van der Waals surface area contributed by atoms with Gasteiger partial charge in [0.15, 0.2) is 0 Å². The Morgan fingerprint density at radius 3 is 0.780 bits per heavy atom. The second kappa shape index (κ2) is 25.9. The van der Waals surface area contributed by atoms with Gasteiger partial charge in [-0.2, -0.15) is 0 Å². The molecule has 0 saturated carbocycles. The summed E-state index contributed by atoms with van der Waals surface area (Å²) < 4.78 is 24.6. The minimum Gasteiger partial charge on any atom is -0.500 e. The number of hydrogen-bond acceptors (Lipinski definition) is 6. The summed E-state index contributed by atoms with van der Waals surface area (Å²) in [7, 11) is 0. The number of fused-ring (bicyclic) bond motifs is 9. The molecule has 0 N–H and O–H groups in total. The van der Waals surface area contributed by atoms with E-state index in [0.717, 1.165) is 100.0 Å². The molecule has 0 aliphatic rings. The fraction of sp³-hybridized carbons (Fsp3) is 0.222. The number of furan rings is 3. The van der Waals surface area contributed by atoms with Crippen LogP contribution in [0.4, 0.5) is 0 Å². The van der Waals surface area contributed by atoms with E-state index in [1.54, 1.807) is 0 Å². The van der Waals surface area contributed by atoms with Crippen molar-refractivity contribution in [2.75, 3.05) is 0 Å². The molecule has 9 nitrogen and oxygen atoms in total. The first-order valence-electron chi connectivity index (χ1n) is 31.6. The second-order valence-electron chi connectivity index (χ2n) is 25.3. The van der Waals surface area contributed by atoms with Crippen molar-refractivity contribution in [3.63, 3.8) is 0 Å². The van der Waals surface area contributed by atoms with Gasteiger partial charge >= 0.3 is 20.1 Å². The maximum absolute atomic E-state index is 5.98. The summed E-state index contributed by atoms with van der Waals surface area (Å²) in [6.45, 7) is 26.9. The third-order valence-corrected chi connectivity index (χ3v) is 17.3. The van der Waals surface area contributed by atoms with Crippen molar-refractivity contribution in [3.8, 4) is 51.2 Å². The molecule has 0 radical (unpaired) electrons. The van der Waals surface area contributed by atoms with Crippen LogP contribution in [-0.2, 0) is 20.1 Å². The fourth-order valence-electron chi connectivity index (χ4n) is 12.8. The van der Waals surface area contributed by atoms with Gasteiger partial charge in [-0.05, 0) is 87.1 Å². The standard InChI is InChI=1S/3C27H25N2O.Ir/c3*1-17(2)20-9-7-10-21(18(3)4)26(20)29-15-14-28-27(29)19-12-13-25-23(16-19)22-8-5-6-11-24(22)30-25;/h3*5-11,13-18H,1-4H3;/q3*-1;+3. The molecule has 0 unspecified atom stereocenters. The zero-order valence-corrected chi connectivity index (χ0v) is 56.2. The Bertz CT molecular complexity index is 4490. The number of rotatable bonds is 12. The van der Waals surface area contributed by atoms with Crippen LogP contribution in [-0.4, -0.2) is 28.7 Å². The molecule has 0 saturated heterocycles. The SMILES string of the molecule is CC(C)c1cccc(C(C)C)c1-n1ccnc1-c1[c-]cc2oc3ccccc3c2c1.CC(C)c1cccc(C(C)C)c1-n1ccnc1-c1[c-]cc2oc3ccccc3c2c1.CC(C)c1cccc(C(C)C)c1-n1ccnc1-c1[c-]cc2oc3ccccc3c2c1.[Ir+3]. The molecule has 91 heavy (non-hydrogen) atoms. The zero-order valence-electron chi connectivity index (χ0n) is 53.8. The smallest absolute Gasteiger partial charge is 0.500 e. The van der Waals surface area contributed by atoms with Crippen molar-refractivity contribution in [3.05, 3.63) is 253 Å². The van der Waals surface area contributed by atoms with Gasteiger partial charge in [0.2, 0.25) is 0 Å². The van der Waals surface area contributed by atoms with Gasteiger partial charge in [-0.3, -0.25) is 15.0 Å². The van der Waals surface area contributed by atoms with Gasteiger partial charge in [-0.25, -0.2) is 0 Å². The van der Waals surface area contributed by atoms with E-state index in [9.17, 15) is 0 Å². The Hall–Kier alpha value is -9.34. The third kappa shape index (κ3) is 11.7. The van der Waals surface area contributed by atoms with Gasteiger partial charge in [0.25, 0.3) is 0 Å². The molecule has 0 bridgehead atoms. The van der Waals surface area contributed by atoms with Gasteiger partial charge in [0, 0.05) is 70.4 Å². The first-order valence-corrected chi connectivity index (χ1v) is 31.6. The molecule has 6 aromatic heterocycles. The Balaban J connectivity index is 0.000000131. The van der Waals surface area contributed by atoms with Crippen LogP contribution in [0.3, 0.4) is 0 Å². The van der Waals surface area contributed by atoms with Crippen LogP contribution >= 0.6 is 0 Å². The molecule has 0 amide bonds. The van der Waals surface area contributed by atoms with Crippen LogP contribution in [0.2, 0.25) is 0 Å². The van der Waals surface area contributed by atoms with Gasteiger partial charge in [-0.15, -0.1) is 71.3 Å². The summed E-state index contributed by atoms with van der Waals surface area (Å²) in [6, 6.07) is 66.8. The Morgan fingerprint density at radius 2 is 0.538 bits per heavy atom. The first-order chi connectivity index (χ1) is 43.6. The van der Waals surface area contributed by atoms with Gasteiger partial charge in [-0.1, -0.05) is 208 Å². The summed E-state index contributed by atoms with van der Waals surface area (Å²) in [5.41, 5.74) is 19.8. The molecule has 15 aromatic rings. The van der Waals surface area contributed by atoms with Crippen molar-refractivity contribution >= 4 is 65.8 Å². The van der Waals surface area contributed by atoms with Crippen molar-refractivity contribution < 1.29 is 33.4 Å². The monoisotopic (exact) mass is 1370 g/mol. The predicted octanol–water partition coefficient (Wildman–Crippen LogP) is 22.5. The van der Waals surface area contributed by atoms with E-state index in [-0.39, 0.29) is 20.1 Å². The van der Waals surface area contributed by atoms with Gasteiger partial charge < -0.3 is 27.0 Å². The summed E-state index contributed by atoms with van der Waals surface area (Å²) in [6.07, 6.45) is 11.8. The van der Waals surface area contributed by atoms with E-state index in [4.69, 9.17) is 28.2 Å². The Kier molecular flexibility index (Phi) is 17.6. The average molecular weight is 1370 g/mol. The number of hydrogen-bond donors (Lipinski definition) is 0. The van der Waals surface area contributed by atoms with Crippen molar-refractivity contribution in [1.82, 2.24) is 28.7 Å². The summed E-state index contributed by atoms with van der Waals surface area (Å²) >= 11 is 0. The summed E-state index contributed by atoms with van der Waals surface area (Å²) in [4.78, 5) is 14.2. The maximum atomic E-state index is 5.98. The molecular weight excluding hydrogens is 1300 g/mol. The Labute approximate surface area is 546 Å². The molecule has 0 fully saturated rings. The fourth-order valence-corrected chi connectivity index (χ4v) is 12.8. The molecule has 6 heterocycles. The molecule has 0 aliphatic heterocycles. The largest absolute Gasteiger partial charge is 3.00 e. The molecule has 0 spiro atoms. The van der Waals surface area contributed by atoms with Crippen molar-refractivity contribution in [1.29, 1.82) is 0 Å². The van der Waals surface area contributed by atoms with Crippen LogP contribution in [0.25, 0.3) is 117 Å². The van der Waals surface area contributed by atoms with E-state index in [1.807, 2.05) is 91.4 Å². The molecule has 0 atom stereocenters. The molecule has 0 aliphatic carbocycles. The molecule has 15 rings (SSSR count). The molecule has 9 aromatic carbocycles. The van der Waals surface area contributed by atoms with E-state index in [0.29, 0.717) is 35.5 Å². The van der Waals surface area contributed by atoms with Crippen LogP contribution < -0.4 is 0 Å². The second-order valence-corrected chi connectivity index (χ2v) is 25.3. The minimum absolute atomic E-state index is 0. The van der Waals surface area contributed by atoms with Crippen LogP contribution in [0.15, 0.2) is 214 Å². The summed E-state index contributed by atoms with van der Waals surface area (Å²) in [5.74, 6) is 5.19. The normalized spacial score (nSPS) is 11.8. The third-order valence-electron chi connectivity index (χ3n) is 17.3. The van der Waals surface area contributed by atoms with Gasteiger partial charge in [0.05, 0.1) is 34.2 Å². The van der Waals surface area contributed by atoms with E-state index >= 15 is 0 Å². The quantitative estimate of drug-likeness (QED) is 0.113. The molecule has 10 heteroatoms. The minimum atomic E-state index is 0. The number of nitrogens with zero attached hydrogens (tertiary/aromatic N) is 6. The first kappa shape index (κ1) is 61.9. The maximum Gasteiger partial charge on any atom is 3.00 e. The number of benzene rings is 9. The van der Waals surface area contributed by atoms with E-state index in [1.165, 1.54) is 50.4 Å². The summed E-state index contributed by atoms with van der Waals surface area (Å²) in [5, 5.41) is 6.63. The predicted molar refractivity (Wildman–Crippen MR) is 370 cm³/mol. The molecule has 456 valence electrons. The average Bonchev–Trinajstić information content (AvgIpc) is 2.42. The zero-order chi connectivity index (χ0) is 62.5. The van der Waals surface area contributed by atoms with Crippen LogP contribution in [0.1, 0.15) is 152 Å². The van der Waals surface area contributed by atoms with Crippen LogP contribution in [0.5, 0.6) is 0 Å². The Morgan fingerprint density at radius 1 is 0.297 bits per heavy atom. The van der Waals surface area contributed by atoms with Gasteiger partial charge in [0.1, 0.15) is 16.7 Å².